The summed E-state index contributed by atoms with van der Waals surface area (Å²) in [5, 5.41) is 8.77. The summed E-state index contributed by atoms with van der Waals surface area (Å²) >= 11 is 0. The molecule has 0 aromatic heterocycles. The smallest absolute Gasteiger partial charge is 0.276 e. The monoisotopic (exact) mass is 464 g/mol. The normalized spacial score (nSPS) is 10.6. The van der Waals surface area contributed by atoms with Crippen LogP contribution in [0.15, 0.2) is 83.8 Å². The van der Waals surface area contributed by atoms with Gasteiger partial charge in [-0.15, -0.1) is 0 Å². The second-order valence-electron chi connectivity index (χ2n) is 6.77. The molecular formula is C23H20N4O5S. The number of sulfonamides is 1. The molecule has 3 rings (SSSR count). The zero-order chi connectivity index (χ0) is 23.7. The van der Waals surface area contributed by atoms with Crippen LogP contribution >= 0.6 is 0 Å². The van der Waals surface area contributed by atoms with Crippen LogP contribution in [-0.2, 0) is 21.4 Å². The average Bonchev–Trinajstić information content (AvgIpc) is 2.86. The van der Waals surface area contributed by atoms with Crippen molar-refractivity contribution >= 4 is 21.8 Å². The zero-order valence-electron chi connectivity index (χ0n) is 17.3. The van der Waals surface area contributed by atoms with Gasteiger partial charge in [-0.25, -0.2) is 13.1 Å². The summed E-state index contributed by atoms with van der Waals surface area (Å²) in [5.41, 5.74) is 5.71. The van der Waals surface area contributed by atoms with E-state index in [0.29, 0.717) is 11.3 Å². The van der Waals surface area contributed by atoms with Crippen LogP contribution in [0.3, 0.4) is 0 Å². The third-order valence-electron chi connectivity index (χ3n) is 4.38. The molecule has 9 nitrogen and oxygen atoms in total. The quantitative estimate of drug-likeness (QED) is 0.435. The van der Waals surface area contributed by atoms with Crippen molar-refractivity contribution in [2.24, 2.45) is 0 Å². The SMILES string of the molecule is N#Cc1ccc(OCC(=O)NNC(=O)c2cccc(S(=O)(=O)NCc3ccccc3)c2)cc1. The first kappa shape index (κ1) is 23.5. The number of benzene rings is 3. The van der Waals surface area contributed by atoms with Crippen LogP contribution in [0.25, 0.3) is 0 Å². The molecule has 0 heterocycles. The number of ether oxygens (including phenoxy) is 1. The van der Waals surface area contributed by atoms with Gasteiger partial charge in [0.15, 0.2) is 6.61 Å². The standard InChI is InChI=1S/C23H20N4O5S/c24-14-17-9-11-20(12-10-17)32-16-22(28)26-27-23(29)19-7-4-8-21(13-19)33(30,31)25-15-18-5-2-1-3-6-18/h1-13,25H,15-16H2,(H,26,28)(H,27,29). The third-order valence-corrected chi connectivity index (χ3v) is 5.78. The number of carbonyl (C=O) groups excluding carboxylic acids is 2. The molecule has 0 radical (unpaired) electrons. The maximum Gasteiger partial charge on any atom is 0.276 e. The summed E-state index contributed by atoms with van der Waals surface area (Å²) in [4.78, 5) is 24.2. The van der Waals surface area contributed by atoms with Gasteiger partial charge in [-0.3, -0.25) is 20.4 Å². The lowest BCUT2D eigenvalue weighted by atomic mass is 10.2. The van der Waals surface area contributed by atoms with E-state index in [4.69, 9.17) is 10.00 Å². The number of hydrogen-bond acceptors (Lipinski definition) is 6. The summed E-state index contributed by atoms with van der Waals surface area (Å²) in [7, 11) is -3.85. The molecule has 2 amide bonds. The number of hydrazine groups is 1. The lowest BCUT2D eigenvalue weighted by Gasteiger charge is -2.10. The molecule has 0 atom stereocenters. The third kappa shape index (κ3) is 6.90. The van der Waals surface area contributed by atoms with Crippen molar-refractivity contribution in [3.05, 3.63) is 95.6 Å². The van der Waals surface area contributed by atoms with Gasteiger partial charge in [-0.05, 0) is 48.0 Å². The summed E-state index contributed by atoms with van der Waals surface area (Å²) in [5.74, 6) is -0.931. The molecule has 168 valence electrons. The van der Waals surface area contributed by atoms with Gasteiger partial charge in [0.25, 0.3) is 11.8 Å². The molecule has 3 aromatic rings. The Morgan fingerprint density at radius 3 is 2.33 bits per heavy atom. The fourth-order valence-corrected chi connectivity index (χ4v) is 3.73. The van der Waals surface area contributed by atoms with E-state index >= 15 is 0 Å². The first-order chi connectivity index (χ1) is 15.9. The lowest BCUT2D eigenvalue weighted by Crippen LogP contribution is -2.43. The van der Waals surface area contributed by atoms with Crippen molar-refractivity contribution in [1.82, 2.24) is 15.6 Å². The van der Waals surface area contributed by atoms with Gasteiger partial charge in [0.1, 0.15) is 5.75 Å². The average molecular weight is 465 g/mol. The van der Waals surface area contributed by atoms with Gasteiger partial charge in [-0.2, -0.15) is 5.26 Å². The van der Waals surface area contributed by atoms with E-state index in [9.17, 15) is 18.0 Å². The maximum absolute atomic E-state index is 12.6. The molecule has 0 saturated carbocycles. The van der Waals surface area contributed by atoms with E-state index in [-0.39, 0.29) is 23.6 Å². The van der Waals surface area contributed by atoms with E-state index < -0.39 is 21.8 Å². The Morgan fingerprint density at radius 2 is 1.64 bits per heavy atom. The minimum Gasteiger partial charge on any atom is -0.484 e. The Hall–Kier alpha value is -4.20. The molecule has 10 heteroatoms. The van der Waals surface area contributed by atoms with Crippen molar-refractivity contribution < 1.29 is 22.7 Å². The van der Waals surface area contributed by atoms with Gasteiger partial charge in [0, 0.05) is 12.1 Å². The lowest BCUT2D eigenvalue weighted by molar-refractivity contribution is -0.123. The zero-order valence-corrected chi connectivity index (χ0v) is 18.1. The number of nitrogens with one attached hydrogen (secondary N) is 3. The fraction of sp³-hybridized carbons (Fsp3) is 0.0870. The van der Waals surface area contributed by atoms with Gasteiger partial charge < -0.3 is 4.74 Å². The largest absolute Gasteiger partial charge is 0.484 e. The Bertz CT molecular complexity index is 1270. The number of nitriles is 1. The predicted molar refractivity (Wildman–Crippen MR) is 119 cm³/mol. The van der Waals surface area contributed by atoms with Crippen molar-refractivity contribution in [2.45, 2.75) is 11.4 Å². The second-order valence-corrected chi connectivity index (χ2v) is 8.53. The first-order valence-electron chi connectivity index (χ1n) is 9.73. The molecule has 0 unspecified atom stereocenters. The van der Waals surface area contributed by atoms with Gasteiger partial charge in [0.2, 0.25) is 10.0 Å². The molecular weight excluding hydrogens is 444 g/mol. The van der Waals surface area contributed by atoms with Crippen LogP contribution < -0.4 is 20.3 Å². The molecule has 33 heavy (non-hydrogen) atoms. The van der Waals surface area contributed by atoms with Crippen molar-refractivity contribution in [2.75, 3.05) is 6.61 Å². The minimum absolute atomic E-state index is 0.0471. The highest BCUT2D eigenvalue weighted by Crippen LogP contribution is 2.13. The van der Waals surface area contributed by atoms with Gasteiger partial charge in [-0.1, -0.05) is 36.4 Å². The van der Waals surface area contributed by atoms with E-state index in [2.05, 4.69) is 15.6 Å². The van der Waals surface area contributed by atoms with E-state index in [0.717, 1.165) is 5.56 Å². The fourth-order valence-electron chi connectivity index (χ4n) is 2.67. The molecule has 0 bridgehead atoms. The highest BCUT2D eigenvalue weighted by Gasteiger charge is 2.16. The first-order valence-corrected chi connectivity index (χ1v) is 11.2. The second kappa shape index (κ2) is 10.9. The number of hydrogen-bond donors (Lipinski definition) is 3. The van der Waals surface area contributed by atoms with Crippen LogP contribution in [0.1, 0.15) is 21.5 Å². The maximum atomic E-state index is 12.6. The topological polar surface area (TPSA) is 137 Å². The van der Waals surface area contributed by atoms with Crippen molar-refractivity contribution in [3.63, 3.8) is 0 Å². The Balaban J connectivity index is 1.53. The van der Waals surface area contributed by atoms with Crippen LogP contribution in [0.4, 0.5) is 0 Å². The van der Waals surface area contributed by atoms with Crippen molar-refractivity contribution in [1.29, 1.82) is 5.26 Å². The van der Waals surface area contributed by atoms with Gasteiger partial charge in [0.05, 0.1) is 16.5 Å². The van der Waals surface area contributed by atoms with Crippen molar-refractivity contribution in [3.8, 4) is 11.8 Å². The summed E-state index contributed by atoms with van der Waals surface area (Å²) < 4.78 is 32.9. The summed E-state index contributed by atoms with van der Waals surface area (Å²) in [6.07, 6.45) is 0. The molecule has 0 aliphatic carbocycles. The highest BCUT2D eigenvalue weighted by atomic mass is 32.2. The van der Waals surface area contributed by atoms with Crippen LogP contribution in [0, 0.1) is 11.3 Å². The van der Waals surface area contributed by atoms with E-state index in [1.165, 1.54) is 24.3 Å². The van der Waals surface area contributed by atoms with Crippen LogP contribution in [0.2, 0.25) is 0 Å². The minimum atomic E-state index is -3.85. The number of nitrogens with zero attached hydrogens (tertiary/aromatic N) is 1. The molecule has 3 N–H and O–H groups in total. The molecule has 0 aliphatic rings. The Labute approximate surface area is 191 Å². The summed E-state index contributed by atoms with van der Waals surface area (Å²) in [6.45, 7) is -0.265. The Kier molecular flexibility index (Phi) is 7.75. The number of carbonyl (C=O) groups is 2. The number of rotatable bonds is 8. The predicted octanol–water partition coefficient (Wildman–Crippen LogP) is 1.88. The highest BCUT2D eigenvalue weighted by molar-refractivity contribution is 7.89. The van der Waals surface area contributed by atoms with Crippen LogP contribution in [0.5, 0.6) is 5.75 Å². The Morgan fingerprint density at radius 1 is 0.909 bits per heavy atom. The molecule has 0 aliphatic heterocycles. The van der Waals surface area contributed by atoms with Crippen LogP contribution in [-0.4, -0.2) is 26.8 Å². The van der Waals surface area contributed by atoms with Gasteiger partial charge >= 0.3 is 0 Å². The van der Waals surface area contributed by atoms with E-state index in [1.54, 1.807) is 48.5 Å². The molecule has 0 saturated heterocycles. The molecule has 0 fully saturated rings. The summed E-state index contributed by atoms with van der Waals surface area (Å²) in [6, 6.07) is 22.6. The molecule has 0 spiro atoms. The van der Waals surface area contributed by atoms with E-state index in [1.807, 2.05) is 12.1 Å². The molecule has 3 aromatic carbocycles. The number of amides is 2.